The second-order valence-corrected chi connectivity index (χ2v) is 6.04. The van der Waals surface area contributed by atoms with Gasteiger partial charge in [0.25, 0.3) is 5.91 Å². The number of nitrogens with one attached hydrogen (secondary N) is 1. The third-order valence-corrected chi connectivity index (χ3v) is 4.05. The molecule has 29 heavy (non-hydrogen) atoms. The maximum atomic E-state index is 13.9. The van der Waals surface area contributed by atoms with Crippen LogP contribution in [0.15, 0.2) is 72.8 Å². The van der Waals surface area contributed by atoms with E-state index in [0.717, 1.165) is 12.1 Å². The first-order valence-electron chi connectivity index (χ1n) is 8.64. The molecule has 3 rings (SSSR count). The van der Waals surface area contributed by atoms with E-state index in [0.29, 0.717) is 23.1 Å². The lowest BCUT2D eigenvalue weighted by molar-refractivity contribution is -0.125. The maximum Gasteiger partial charge on any atom is 0.342 e. The highest BCUT2D eigenvalue weighted by Gasteiger charge is 2.27. The summed E-state index contributed by atoms with van der Waals surface area (Å²) in [5.41, 5.74) is 0.351. The second-order valence-electron chi connectivity index (χ2n) is 6.04. The zero-order valence-electron chi connectivity index (χ0n) is 15.4. The Morgan fingerprint density at radius 2 is 1.69 bits per heavy atom. The minimum Gasteiger partial charge on any atom is -0.497 e. The first-order chi connectivity index (χ1) is 14.0. The van der Waals surface area contributed by atoms with Crippen LogP contribution in [0.1, 0.15) is 22.0 Å². The van der Waals surface area contributed by atoms with E-state index in [2.05, 4.69) is 5.32 Å². The minimum absolute atomic E-state index is 0.392. The smallest absolute Gasteiger partial charge is 0.342 e. The maximum absolute atomic E-state index is 13.9. The van der Waals surface area contributed by atoms with Gasteiger partial charge in [0.15, 0.2) is 0 Å². The van der Waals surface area contributed by atoms with E-state index in [-0.39, 0.29) is 0 Å². The van der Waals surface area contributed by atoms with Crippen LogP contribution >= 0.6 is 0 Å². The molecule has 5 nitrogen and oxygen atoms in total. The molecule has 3 aromatic carbocycles. The number of hydrogen-bond acceptors (Lipinski definition) is 4. The van der Waals surface area contributed by atoms with Crippen LogP contribution in [-0.4, -0.2) is 19.0 Å². The molecule has 0 fully saturated rings. The Kier molecular flexibility index (Phi) is 6.19. The van der Waals surface area contributed by atoms with Crippen molar-refractivity contribution in [1.29, 1.82) is 0 Å². The highest BCUT2D eigenvalue weighted by atomic mass is 19.1. The number of methoxy groups -OCH3 is 1. The van der Waals surface area contributed by atoms with Crippen LogP contribution in [0.5, 0.6) is 5.75 Å². The standard InChI is InChI=1S/C22H17F2NO4/c1-28-17-9-5-8-16(13-17)25-21(26)20(14-6-3-2-4-7-14)29-22(27)18-11-10-15(23)12-19(18)24/h2-13,20H,1H3,(H,25,26)/t20-/m0/s1. The van der Waals surface area contributed by atoms with Gasteiger partial charge in [-0.2, -0.15) is 0 Å². The normalized spacial score (nSPS) is 11.4. The Bertz CT molecular complexity index is 1020. The van der Waals surface area contributed by atoms with Crippen LogP contribution in [0.4, 0.5) is 14.5 Å². The zero-order valence-corrected chi connectivity index (χ0v) is 15.4. The number of hydrogen-bond donors (Lipinski definition) is 1. The third kappa shape index (κ3) is 4.95. The first kappa shape index (κ1) is 20.0. The molecular formula is C22H17F2NO4. The highest BCUT2D eigenvalue weighted by Crippen LogP contribution is 2.24. The van der Waals surface area contributed by atoms with Crippen molar-refractivity contribution in [3.8, 4) is 5.75 Å². The Morgan fingerprint density at radius 1 is 0.931 bits per heavy atom. The average Bonchev–Trinajstić information content (AvgIpc) is 2.72. The molecule has 148 valence electrons. The van der Waals surface area contributed by atoms with Crippen LogP contribution in [0.2, 0.25) is 0 Å². The summed E-state index contributed by atoms with van der Waals surface area (Å²) in [6.45, 7) is 0. The first-order valence-corrected chi connectivity index (χ1v) is 8.64. The summed E-state index contributed by atoms with van der Waals surface area (Å²) in [4.78, 5) is 25.3. The van der Waals surface area contributed by atoms with Gasteiger partial charge in [0.1, 0.15) is 17.4 Å². The molecule has 0 saturated heterocycles. The molecule has 0 aliphatic carbocycles. The largest absolute Gasteiger partial charge is 0.497 e. The molecule has 0 bridgehead atoms. The van der Waals surface area contributed by atoms with Crippen molar-refractivity contribution in [2.24, 2.45) is 0 Å². The fourth-order valence-electron chi connectivity index (χ4n) is 2.63. The van der Waals surface area contributed by atoms with Crippen molar-refractivity contribution in [3.05, 3.63) is 95.6 Å². The topological polar surface area (TPSA) is 64.6 Å². The Morgan fingerprint density at radius 3 is 2.38 bits per heavy atom. The van der Waals surface area contributed by atoms with E-state index in [4.69, 9.17) is 9.47 Å². The number of carbonyl (C=O) groups is 2. The van der Waals surface area contributed by atoms with Crippen molar-refractivity contribution < 1.29 is 27.8 Å². The number of amides is 1. The molecule has 1 atom stereocenters. The summed E-state index contributed by atoms with van der Waals surface area (Å²) in [6.07, 6.45) is -1.35. The molecule has 0 unspecified atom stereocenters. The van der Waals surface area contributed by atoms with Crippen molar-refractivity contribution in [3.63, 3.8) is 0 Å². The monoisotopic (exact) mass is 397 g/mol. The predicted octanol–water partition coefficient (Wildman–Crippen LogP) is 4.51. The zero-order chi connectivity index (χ0) is 20.8. The number of benzene rings is 3. The van der Waals surface area contributed by atoms with Gasteiger partial charge >= 0.3 is 5.97 Å². The number of carbonyl (C=O) groups excluding carboxylic acids is 2. The summed E-state index contributed by atoms with van der Waals surface area (Å²) < 4.78 is 37.4. The van der Waals surface area contributed by atoms with Gasteiger partial charge in [-0.25, -0.2) is 13.6 Å². The van der Waals surface area contributed by atoms with Crippen LogP contribution in [0.25, 0.3) is 0 Å². The van der Waals surface area contributed by atoms with E-state index in [1.165, 1.54) is 7.11 Å². The molecule has 0 aromatic heterocycles. The Labute approximate surface area is 165 Å². The van der Waals surface area contributed by atoms with Crippen molar-refractivity contribution in [2.75, 3.05) is 12.4 Å². The highest BCUT2D eigenvalue weighted by molar-refractivity contribution is 5.98. The van der Waals surface area contributed by atoms with Crippen molar-refractivity contribution in [1.82, 2.24) is 0 Å². The lowest BCUT2D eigenvalue weighted by Crippen LogP contribution is -2.26. The quantitative estimate of drug-likeness (QED) is 0.622. The van der Waals surface area contributed by atoms with E-state index in [1.807, 2.05) is 0 Å². The van der Waals surface area contributed by atoms with Crippen LogP contribution < -0.4 is 10.1 Å². The Balaban J connectivity index is 1.86. The summed E-state index contributed by atoms with van der Waals surface area (Å²) in [5.74, 6) is -3.09. The molecule has 0 radical (unpaired) electrons. The van der Waals surface area contributed by atoms with Gasteiger partial charge in [0, 0.05) is 23.4 Å². The lowest BCUT2D eigenvalue weighted by Gasteiger charge is -2.18. The summed E-state index contributed by atoms with van der Waals surface area (Å²) in [7, 11) is 1.49. The molecule has 0 spiro atoms. The molecule has 0 saturated carbocycles. The third-order valence-electron chi connectivity index (χ3n) is 4.05. The number of ether oxygens (including phenoxy) is 2. The van der Waals surface area contributed by atoms with E-state index in [1.54, 1.807) is 54.6 Å². The SMILES string of the molecule is COc1cccc(NC(=O)[C@@H](OC(=O)c2ccc(F)cc2F)c2ccccc2)c1. The predicted molar refractivity (Wildman–Crippen MR) is 103 cm³/mol. The van der Waals surface area contributed by atoms with Gasteiger partial charge < -0.3 is 14.8 Å². The molecule has 0 aliphatic rings. The molecule has 3 aromatic rings. The number of anilines is 1. The summed E-state index contributed by atoms with van der Waals surface area (Å²) >= 11 is 0. The molecule has 7 heteroatoms. The van der Waals surface area contributed by atoms with E-state index in [9.17, 15) is 18.4 Å². The summed E-state index contributed by atoms with van der Waals surface area (Å²) in [6, 6.07) is 17.4. The van der Waals surface area contributed by atoms with Gasteiger partial charge in [-0.05, 0) is 24.3 Å². The molecule has 1 amide bonds. The summed E-state index contributed by atoms with van der Waals surface area (Å²) in [5, 5.41) is 2.65. The van der Waals surface area contributed by atoms with Crippen LogP contribution in [0, 0.1) is 11.6 Å². The number of halogens is 2. The second kappa shape index (κ2) is 8.97. The van der Waals surface area contributed by atoms with Gasteiger partial charge in [-0.15, -0.1) is 0 Å². The lowest BCUT2D eigenvalue weighted by atomic mass is 10.1. The average molecular weight is 397 g/mol. The fourth-order valence-corrected chi connectivity index (χ4v) is 2.63. The van der Waals surface area contributed by atoms with Gasteiger partial charge in [0.2, 0.25) is 6.10 Å². The van der Waals surface area contributed by atoms with Crippen LogP contribution in [0.3, 0.4) is 0 Å². The van der Waals surface area contributed by atoms with Crippen molar-refractivity contribution >= 4 is 17.6 Å². The number of esters is 1. The van der Waals surface area contributed by atoms with Gasteiger partial charge in [-0.3, -0.25) is 4.79 Å². The minimum atomic E-state index is -1.35. The van der Waals surface area contributed by atoms with Gasteiger partial charge in [0.05, 0.1) is 12.7 Å². The number of rotatable bonds is 6. The van der Waals surface area contributed by atoms with Crippen LogP contribution in [-0.2, 0) is 9.53 Å². The molecule has 1 N–H and O–H groups in total. The van der Waals surface area contributed by atoms with E-state index < -0.39 is 35.2 Å². The fraction of sp³-hybridized carbons (Fsp3) is 0.0909. The Hall–Kier alpha value is -3.74. The van der Waals surface area contributed by atoms with Crippen molar-refractivity contribution in [2.45, 2.75) is 6.10 Å². The van der Waals surface area contributed by atoms with E-state index >= 15 is 0 Å². The van der Waals surface area contributed by atoms with Gasteiger partial charge in [-0.1, -0.05) is 36.4 Å². The molecular weight excluding hydrogens is 380 g/mol. The molecule has 0 aliphatic heterocycles. The molecule has 0 heterocycles.